The molecule has 2 aromatic heterocycles. The highest BCUT2D eigenvalue weighted by molar-refractivity contribution is 5.96. The van der Waals surface area contributed by atoms with Crippen LogP contribution in [0.4, 0.5) is 5.69 Å². The molecule has 7 nitrogen and oxygen atoms in total. The first kappa shape index (κ1) is 18.3. The number of aromatic nitrogens is 3. The largest absolute Gasteiger partial charge is 0.452 e. The lowest BCUT2D eigenvalue weighted by Gasteiger charge is -2.08. The average molecular weight is 364 g/mol. The zero-order valence-corrected chi connectivity index (χ0v) is 15.4. The second-order valence-corrected chi connectivity index (χ2v) is 6.15. The van der Waals surface area contributed by atoms with Crippen LogP contribution in [0.2, 0.25) is 0 Å². The zero-order chi connectivity index (χ0) is 19.4. The molecule has 0 saturated carbocycles. The molecule has 0 atom stereocenters. The van der Waals surface area contributed by atoms with Crippen molar-refractivity contribution in [1.29, 1.82) is 0 Å². The van der Waals surface area contributed by atoms with E-state index in [1.165, 1.54) is 24.5 Å². The summed E-state index contributed by atoms with van der Waals surface area (Å²) in [4.78, 5) is 27.9. The molecule has 0 aliphatic rings. The number of hydrogen-bond acceptors (Lipinski definition) is 5. The van der Waals surface area contributed by atoms with E-state index in [9.17, 15) is 9.59 Å². The molecule has 0 spiro atoms. The molecule has 138 valence electrons. The van der Waals surface area contributed by atoms with Crippen molar-refractivity contribution < 1.29 is 14.3 Å². The predicted molar refractivity (Wildman–Crippen MR) is 101 cm³/mol. The zero-order valence-electron chi connectivity index (χ0n) is 15.4. The predicted octanol–water partition coefficient (Wildman–Crippen LogP) is 2.99. The lowest BCUT2D eigenvalue weighted by atomic mass is 10.2. The summed E-state index contributed by atoms with van der Waals surface area (Å²) in [5.41, 5.74) is 4.50. The van der Waals surface area contributed by atoms with E-state index in [1.807, 2.05) is 45.0 Å². The molecular weight excluding hydrogens is 344 g/mol. The van der Waals surface area contributed by atoms with Gasteiger partial charge in [0.2, 0.25) is 0 Å². The van der Waals surface area contributed by atoms with Crippen LogP contribution in [0.1, 0.15) is 27.3 Å². The quantitative estimate of drug-likeness (QED) is 0.704. The van der Waals surface area contributed by atoms with Gasteiger partial charge in [-0.3, -0.25) is 9.78 Å². The molecule has 0 saturated heterocycles. The highest BCUT2D eigenvalue weighted by atomic mass is 16.5. The number of amides is 1. The Morgan fingerprint density at radius 1 is 1.04 bits per heavy atom. The van der Waals surface area contributed by atoms with Gasteiger partial charge < -0.3 is 10.1 Å². The minimum atomic E-state index is -0.573. The van der Waals surface area contributed by atoms with Crippen LogP contribution in [0, 0.1) is 20.8 Å². The Kier molecular flexibility index (Phi) is 5.30. The average Bonchev–Trinajstić information content (AvgIpc) is 2.95. The number of esters is 1. The number of hydrogen-bond donors (Lipinski definition) is 1. The molecule has 0 unspecified atom stereocenters. The summed E-state index contributed by atoms with van der Waals surface area (Å²) >= 11 is 0. The van der Waals surface area contributed by atoms with E-state index in [4.69, 9.17) is 4.74 Å². The van der Waals surface area contributed by atoms with Crippen LogP contribution in [-0.2, 0) is 9.53 Å². The van der Waals surface area contributed by atoms with Crippen molar-refractivity contribution >= 4 is 17.6 Å². The van der Waals surface area contributed by atoms with Gasteiger partial charge in [-0.1, -0.05) is 17.7 Å². The monoisotopic (exact) mass is 364 g/mol. The van der Waals surface area contributed by atoms with Gasteiger partial charge in [0.15, 0.2) is 6.61 Å². The molecule has 1 amide bonds. The van der Waals surface area contributed by atoms with E-state index in [0.29, 0.717) is 16.9 Å². The van der Waals surface area contributed by atoms with Crippen LogP contribution in [0.15, 0.2) is 48.8 Å². The first-order valence-electron chi connectivity index (χ1n) is 8.46. The molecular formula is C20H20N4O3. The van der Waals surface area contributed by atoms with Crippen LogP contribution in [0.3, 0.4) is 0 Å². The molecule has 3 aromatic rings. The van der Waals surface area contributed by atoms with E-state index in [2.05, 4.69) is 15.4 Å². The van der Waals surface area contributed by atoms with Crippen molar-refractivity contribution in [3.63, 3.8) is 0 Å². The molecule has 3 rings (SSSR count). The summed E-state index contributed by atoms with van der Waals surface area (Å²) in [6.07, 6.45) is 2.98. The Hall–Kier alpha value is -3.48. The van der Waals surface area contributed by atoms with Gasteiger partial charge >= 0.3 is 5.97 Å². The number of carbonyl (C=O) groups excluding carboxylic acids is 2. The van der Waals surface area contributed by atoms with Gasteiger partial charge in [0.1, 0.15) is 0 Å². The van der Waals surface area contributed by atoms with Crippen molar-refractivity contribution in [2.45, 2.75) is 20.8 Å². The van der Waals surface area contributed by atoms with Crippen molar-refractivity contribution in [2.24, 2.45) is 0 Å². The molecule has 27 heavy (non-hydrogen) atoms. The standard InChI is InChI=1S/C20H20N4O3/c1-13-4-6-17(7-5-13)24-15(3)19(14(2)23-24)22-18(25)12-27-20(26)16-8-10-21-11-9-16/h4-11H,12H2,1-3H3,(H,22,25). The molecule has 2 heterocycles. The molecule has 0 fully saturated rings. The topological polar surface area (TPSA) is 86.1 Å². The number of nitrogens with zero attached hydrogens (tertiary/aromatic N) is 3. The Morgan fingerprint density at radius 3 is 2.37 bits per heavy atom. The number of benzene rings is 1. The van der Waals surface area contributed by atoms with Crippen LogP contribution in [-0.4, -0.2) is 33.2 Å². The van der Waals surface area contributed by atoms with Gasteiger partial charge in [-0.2, -0.15) is 5.10 Å². The Bertz CT molecular complexity index is 963. The van der Waals surface area contributed by atoms with Crippen LogP contribution in [0.25, 0.3) is 5.69 Å². The molecule has 0 aliphatic heterocycles. The van der Waals surface area contributed by atoms with Crippen molar-refractivity contribution in [1.82, 2.24) is 14.8 Å². The van der Waals surface area contributed by atoms with E-state index >= 15 is 0 Å². The Morgan fingerprint density at radius 2 is 1.70 bits per heavy atom. The molecule has 0 bridgehead atoms. The second kappa shape index (κ2) is 7.82. The fourth-order valence-electron chi connectivity index (χ4n) is 2.64. The van der Waals surface area contributed by atoms with Crippen molar-refractivity contribution in [3.05, 3.63) is 71.3 Å². The third-order valence-electron chi connectivity index (χ3n) is 4.08. The third-order valence-corrected chi connectivity index (χ3v) is 4.08. The fourth-order valence-corrected chi connectivity index (χ4v) is 2.64. The fraction of sp³-hybridized carbons (Fsp3) is 0.200. The lowest BCUT2D eigenvalue weighted by Crippen LogP contribution is -2.21. The first-order chi connectivity index (χ1) is 13.0. The van der Waals surface area contributed by atoms with E-state index < -0.39 is 11.9 Å². The minimum absolute atomic E-state index is 0.345. The number of aryl methyl sites for hydroxylation is 2. The van der Waals surface area contributed by atoms with Gasteiger partial charge in [-0.15, -0.1) is 0 Å². The number of nitrogens with one attached hydrogen (secondary N) is 1. The number of anilines is 1. The summed E-state index contributed by atoms with van der Waals surface area (Å²) in [5, 5.41) is 7.27. The molecule has 0 aliphatic carbocycles. The third kappa shape index (κ3) is 4.20. The summed E-state index contributed by atoms with van der Waals surface area (Å²) in [7, 11) is 0. The SMILES string of the molecule is Cc1ccc(-n2nc(C)c(NC(=O)COC(=O)c3ccncc3)c2C)cc1. The van der Waals surface area contributed by atoms with E-state index in [0.717, 1.165) is 16.9 Å². The van der Waals surface area contributed by atoms with Crippen LogP contribution in [0.5, 0.6) is 0 Å². The summed E-state index contributed by atoms with van der Waals surface area (Å²) in [5.74, 6) is -0.997. The number of rotatable bonds is 5. The normalized spacial score (nSPS) is 10.5. The highest BCUT2D eigenvalue weighted by Gasteiger charge is 2.16. The summed E-state index contributed by atoms with van der Waals surface area (Å²) in [6, 6.07) is 11.0. The number of pyridine rings is 1. The summed E-state index contributed by atoms with van der Waals surface area (Å²) < 4.78 is 6.81. The maximum Gasteiger partial charge on any atom is 0.338 e. The smallest absolute Gasteiger partial charge is 0.338 e. The van der Waals surface area contributed by atoms with Crippen LogP contribution < -0.4 is 5.32 Å². The summed E-state index contributed by atoms with van der Waals surface area (Å²) in [6.45, 7) is 5.33. The Balaban J connectivity index is 1.67. The molecule has 7 heteroatoms. The molecule has 1 N–H and O–H groups in total. The van der Waals surface area contributed by atoms with Gasteiger partial charge in [-0.05, 0) is 45.0 Å². The molecule has 0 radical (unpaired) electrons. The van der Waals surface area contributed by atoms with Gasteiger partial charge in [0, 0.05) is 12.4 Å². The van der Waals surface area contributed by atoms with E-state index in [-0.39, 0.29) is 6.61 Å². The van der Waals surface area contributed by atoms with Crippen molar-refractivity contribution in [2.75, 3.05) is 11.9 Å². The number of carbonyl (C=O) groups is 2. The first-order valence-corrected chi connectivity index (χ1v) is 8.46. The number of ether oxygens (including phenoxy) is 1. The van der Waals surface area contributed by atoms with Crippen molar-refractivity contribution in [3.8, 4) is 5.69 Å². The lowest BCUT2D eigenvalue weighted by molar-refractivity contribution is -0.119. The highest BCUT2D eigenvalue weighted by Crippen LogP contribution is 2.23. The second-order valence-electron chi connectivity index (χ2n) is 6.15. The maximum atomic E-state index is 12.2. The van der Waals surface area contributed by atoms with Gasteiger partial charge in [0.25, 0.3) is 5.91 Å². The van der Waals surface area contributed by atoms with Gasteiger partial charge in [0.05, 0.1) is 28.3 Å². The molecule has 1 aromatic carbocycles. The minimum Gasteiger partial charge on any atom is -0.452 e. The van der Waals surface area contributed by atoms with E-state index in [1.54, 1.807) is 4.68 Å². The van der Waals surface area contributed by atoms with Gasteiger partial charge in [-0.25, -0.2) is 9.48 Å². The van der Waals surface area contributed by atoms with Crippen LogP contribution >= 0.6 is 0 Å². The maximum absolute atomic E-state index is 12.2. The Labute approximate surface area is 157 Å².